The normalized spacial score (nSPS) is 12.3. The number of thiophene rings is 1. The number of ether oxygens (including phenoxy) is 1. The number of hydrogen-bond donors (Lipinski definition) is 1. The van der Waals surface area contributed by atoms with Gasteiger partial charge in [0, 0.05) is 17.0 Å². The lowest BCUT2D eigenvalue weighted by Crippen LogP contribution is -2.20. The maximum atomic E-state index is 12.1. The van der Waals surface area contributed by atoms with E-state index >= 15 is 0 Å². The number of nitro groups is 1. The maximum Gasteiger partial charge on any atom is 0.271 e. The Morgan fingerprint density at radius 2 is 2.28 bits per heavy atom. The van der Waals surface area contributed by atoms with E-state index in [-0.39, 0.29) is 23.1 Å². The molecule has 0 spiro atoms. The van der Waals surface area contributed by atoms with Crippen LogP contribution in [0.2, 0.25) is 5.02 Å². The average Bonchev–Trinajstić information content (AvgIpc) is 3.13. The van der Waals surface area contributed by atoms with Crippen molar-refractivity contribution in [1.82, 2.24) is 0 Å². The zero-order valence-corrected chi connectivity index (χ0v) is 14.4. The van der Waals surface area contributed by atoms with Crippen molar-refractivity contribution < 1.29 is 14.5 Å². The molecule has 1 N–H and O–H groups in total. The van der Waals surface area contributed by atoms with Gasteiger partial charge in [-0.2, -0.15) is 5.26 Å². The summed E-state index contributed by atoms with van der Waals surface area (Å²) in [6, 6.07) is 5.90. The van der Waals surface area contributed by atoms with Crippen molar-refractivity contribution in [2.45, 2.75) is 19.3 Å². The maximum absolute atomic E-state index is 12.1. The number of carbonyl (C=O) groups excluding carboxylic acids is 1. The van der Waals surface area contributed by atoms with Crippen molar-refractivity contribution in [2.24, 2.45) is 0 Å². The Morgan fingerprint density at radius 3 is 2.96 bits per heavy atom. The second kappa shape index (κ2) is 7.09. The highest BCUT2D eigenvalue weighted by molar-refractivity contribution is 7.16. The predicted octanol–water partition coefficient (Wildman–Crippen LogP) is 3.69. The topological polar surface area (TPSA) is 105 Å². The first-order chi connectivity index (χ1) is 12.0. The molecule has 0 atom stereocenters. The van der Waals surface area contributed by atoms with Gasteiger partial charge in [0.15, 0.2) is 6.61 Å². The largest absolute Gasteiger partial charge is 0.482 e. The summed E-state index contributed by atoms with van der Waals surface area (Å²) in [5.74, 6) is -0.248. The number of halogens is 1. The minimum atomic E-state index is -0.568. The molecule has 1 aliphatic rings. The molecule has 1 aromatic carbocycles. The lowest BCUT2D eigenvalue weighted by Gasteiger charge is -2.08. The number of amides is 1. The number of nitrogens with one attached hydrogen (secondary N) is 1. The average molecular weight is 378 g/mol. The van der Waals surface area contributed by atoms with Crippen molar-refractivity contribution >= 4 is 39.5 Å². The van der Waals surface area contributed by atoms with Crippen LogP contribution >= 0.6 is 22.9 Å². The predicted molar refractivity (Wildman–Crippen MR) is 93.3 cm³/mol. The molecular formula is C16H12ClN3O4S. The summed E-state index contributed by atoms with van der Waals surface area (Å²) in [5.41, 5.74) is 1.40. The van der Waals surface area contributed by atoms with E-state index < -0.39 is 10.8 Å². The molecule has 128 valence electrons. The van der Waals surface area contributed by atoms with Crippen LogP contribution in [0.5, 0.6) is 5.75 Å². The summed E-state index contributed by atoms with van der Waals surface area (Å²) in [6.07, 6.45) is 2.82. The van der Waals surface area contributed by atoms with Crippen LogP contribution in [0.3, 0.4) is 0 Å². The van der Waals surface area contributed by atoms with E-state index in [1.165, 1.54) is 23.5 Å². The number of hydrogen-bond acceptors (Lipinski definition) is 6. The molecule has 0 saturated heterocycles. The van der Waals surface area contributed by atoms with Crippen LogP contribution in [0.15, 0.2) is 18.2 Å². The molecule has 9 heteroatoms. The highest BCUT2D eigenvalue weighted by Crippen LogP contribution is 2.38. The first-order valence-electron chi connectivity index (χ1n) is 7.41. The number of rotatable bonds is 5. The summed E-state index contributed by atoms with van der Waals surface area (Å²) < 4.78 is 5.31. The highest BCUT2D eigenvalue weighted by atomic mass is 35.5. The van der Waals surface area contributed by atoms with E-state index in [1.807, 2.05) is 0 Å². The zero-order chi connectivity index (χ0) is 18.0. The summed E-state index contributed by atoms with van der Waals surface area (Å²) in [4.78, 5) is 23.3. The Hall–Kier alpha value is -2.63. The van der Waals surface area contributed by atoms with Gasteiger partial charge in [0.2, 0.25) is 0 Å². The number of nitrogens with zero attached hydrogens (tertiary/aromatic N) is 2. The van der Waals surface area contributed by atoms with Crippen LogP contribution in [0.1, 0.15) is 22.4 Å². The number of benzene rings is 1. The molecule has 0 fully saturated rings. The lowest BCUT2D eigenvalue weighted by atomic mass is 10.1. The van der Waals surface area contributed by atoms with E-state index in [1.54, 1.807) is 0 Å². The third-order valence-corrected chi connectivity index (χ3v) is 5.27. The summed E-state index contributed by atoms with van der Waals surface area (Å²) in [5, 5.41) is 23.3. The SMILES string of the molecule is N#Cc1c(NC(=O)COc2ccc([N+](=O)[O-])cc2Cl)sc2c1CCC2. The van der Waals surface area contributed by atoms with Crippen LogP contribution in [-0.2, 0) is 17.6 Å². The van der Waals surface area contributed by atoms with Gasteiger partial charge in [-0.25, -0.2) is 0 Å². The molecule has 3 rings (SSSR count). The Labute approximate surface area is 151 Å². The molecule has 1 aliphatic carbocycles. The van der Waals surface area contributed by atoms with Crippen molar-refractivity contribution in [1.29, 1.82) is 5.26 Å². The fraction of sp³-hybridized carbons (Fsp3) is 0.250. The Kier molecular flexibility index (Phi) is 4.88. The fourth-order valence-corrected chi connectivity index (χ4v) is 4.12. The molecule has 1 amide bonds. The number of anilines is 1. The number of fused-ring (bicyclic) bond motifs is 1. The van der Waals surface area contributed by atoms with Gasteiger partial charge < -0.3 is 10.1 Å². The van der Waals surface area contributed by atoms with E-state index in [9.17, 15) is 20.2 Å². The van der Waals surface area contributed by atoms with Crippen molar-refractivity contribution in [3.63, 3.8) is 0 Å². The van der Waals surface area contributed by atoms with Gasteiger partial charge in [0.1, 0.15) is 16.8 Å². The van der Waals surface area contributed by atoms with Gasteiger partial charge in [-0.15, -0.1) is 11.3 Å². The van der Waals surface area contributed by atoms with Gasteiger partial charge in [-0.1, -0.05) is 11.6 Å². The van der Waals surface area contributed by atoms with Crippen LogP contribution in [-0.4, -0.2) is 17.4 Å². The van der Waals surface area contributed by atoms with E-state index in [0.717, 1.165) is 35.8 Å². The van der Waals surface area contributed by atoms with Crippen LogP contribution in [0, 0.1) is 21.4 Å². The van der Waals surface area contributed by atoms with E-state index in [4.69, 9.17) is 16.3 Å². The number of carbonyl (C=O) groups is 1. The lowest BCUT2D eigenvalue weighted by molar-refractivity contribution is -0.384. The fourth-order valence-electron chi connectivity index (χ4n) is 2.64. The van der Waals surface area contributed by atoms with Crippen LogP contribution < -0.4 is 10.1 Å². The highest BCUT2D eigenvalue weighted by Gasteiger charge is 2.23. The summed E-state index contributed by atoms with van der Waals surface area (Å²) in [7, 11) is 0. The van der Waals surface area contributed by atoms with Gasteiger partial charge in [0.25, 0.3) is 11.6 Å². The van der Waals surface area contributed by atoms with Crippen LogP contribution in [0.4, 0.5) is 10.7 Å². The monoisotopic (exact) mass is 377 g/mol. The van der Waals surface area contributed by atoms with E-state index in [2.05, 4.69) is 11.4 Å². The molecule has 7 nitrogen and oxygen atoms in total. The first-order valence-corrected chi connectivity index (χ1v) is 8.60. The molecule has 0 bridgehead atoms. The standard InChI is InChI=1S/C16H12ClN3O4S/c17-12-6-9(20(22)23)4-5-13(12)24-8-15(21)19-16-11(7-18)10-2-1-3-14(10)25-16/h4-6H,1-3,8H2,(H,19,21). The smallest absolute Gasteiger partial charge is 0.271 e. The number of nitro benzene ring substituents is 1. The summed E-state index contributed by atoms with van der Waals surface area (Å²) >= 11 is 7.33. The minimum absolute atomic E-state index is 0.0508. The summed E-state index contributed by atoms with van der Waals surface area (Å²) in [6.45, 7) is -0.315. The molecule has 1 heterocycles. The number of non-ortho nitro benzene ring substituents is 1. The molecule has 0 radical (unpaired) electrons. The van der Waals surface area contributed by atoms with Crippen molar-refractivity contribution in [2.75, 3.05) is 11.9 Å². The second-order valence-corrected chi connectivity index (χ2v) is 6.89. The molecule has 0 aliphatic heterocycles. The van der Waals surface area contributed by atoms with Gasteiger partial charge in [0.05, 0.1) is 15.5 Å². The van der Waals surface area contributed by atoms with E-state index in [0.29, 0.717) is 10.6 Å². The van der Waals surface area contributed by atoms with Gasteiger partial charge >= 0.3 is 0 Å². The second-order valence-electron chi connectivity index (χ2n) is 5.38. The molecule has 0 saturated carbocycles. The molecule has 2 aromatic rings. The number of aryl methyl sites for hydroxylation is 1. The Balaban J connectivity index is 1.64. The quantitative estimate of drug-likeness (QED) is 0.631. The molecule has 1 aromatic heterocycles. The van der Waals surface area contributed by atoms with Crippen molar-refractivity contribution in [3.05, 3.63) is 49.3 Å². The Bertz CT molecular complexity index is 904. The van der Waals surface area contributed by atoms with Gasteiger partial charge in [-0.05, 0) is 30.9 Å². The third kappa shape index (κ3) is 3.57. The van der Waals surface area contributed by atoms with Crippen molar-refractivity contribution in [3.8, 4) is 11.8 Å². The number of nitriles is 1. The van der Waals surface area contributed by atoms with Gasteiger partial charge in [-0.3, -0.25) is 14.9 Å². The Morgan fingerprint density at radius 1 is 1.48 bits per heavy atom. The zero-order valence-electron chi connectivity index (χ0n) is 12.9. The minimum Gasteiger partial charge on any atom is -0.482 e. The first kappa shape index (κ1) is 17.2. The molecule has 25 heavy (non-hydrogen) atoms. The van der Waals surface area contributed by atoms with Crippen LogP contribution in [0.25, 0.3) is 0 Å². The molecular weight excluding hydrogens is 366 g/mol. The molecule has 0 unspecified atom stereocenters. The third-order valence-electron chi connectivity index (χ3n) is 3.77.